The quantitative estimate of drug-likeness (QED) is 0.574. The molecule has 0 unspecified atom stereocenters. The normalized spacial score (nSPS) is 11.7. The SMILES string of the molecule is Cc1ccc(-c2noc(-c3nnn(-c4cccc(C(F)(F)F)c4)c3N)n2)cc1. The highest BCUT2D eigenvalue weighted by molar-refractivity contribution is 5.66. The molecule has 142 valence electrons. The second-order valence-corrected chi connectivity index (χ2v) is 6.07. The van der Waals surface area contributed by atoms with Gasteiger partial charge in [-0.25, -0.2) is 0 Å². The minimum atomic E-state index is -4.48. The van der Waals surface area contributed by atoms with Crippen LogP contribution in [0.25, 0.3) is 28.7 Å². The fourth-order valence-corrected chi connectivity index (χ4v) is 2.59. The van der Waals surface area contributed by atoms with Gasteiger partial charge in [0.15, 0.2) is 11.5 Å². The smallest absolute Gasteiger partial charge is 0.382 e. The van der Waals surface area contributed by atoms with Gasteiger partial charge in [-0.1, -0.05) is 46.3 Å². The average Bonchev–Trinajstić information content (AvgIpc) is 3.28. The molecule has 0 fully saturated rings. The predicted octanol–water partition coefficient (Wildman–Crippen LogP) is 3.89. The second kappa shape index (κ2) is 6.48. The molecular formula is C18H13F3N6O. The van der Waals surface area contributed by atoms with Crippen molar-refractivity contribution in [3.05, 3.63) is 59.7 Å². The molecule has 10 heteroatoms. The Kier molecular flexibility index (Phi) is 4.10. The molecule has 0 aliphatic heterocycles. The Morgan fingerprint density at radius 1 is 1.07 bits per heavy atom. The Hall–Kier alpha value is -3.69. The second-order valence-electron chi connectivity index (χ2n) is 6.07. The summed E-state index contributed by atoms with van der Waals surface area (Å²) < 4.78 is 45.1. The molecule has 0 atom stereocenters. The zero-order valence-corrected chi connectivity index (χ0v) is 14.5. The van der Waals surface area contributed by atoms with Crippen LogP contribution in [0.1, 0.15) is 11.1 Å². The zero-order chi connectivity index (χ0) is 19.9. The summed E-state index contributed by atoms with van der Waals surface area (Å²) in [6, 6.07) is 12.1. The molecule has 0 aliphatic rings. The molecule has 7 nitrogen and oxygen atoms in total. The Labute approximate surface area is 156 Å². The van der Waals surface area contributed by atoms with E-state index in [1.807, 2.05) is 31.2 Å². The highest BCUT2D eigenvalue weighted by Crippen LogP contribution is 2.32. The van der Waals surface area contributed by atoms with Gasteiger partial charge in [0.2, 0.25) is 5.82 Å². The molecule has 4 aromatic rings. The van der Waals surface area contributed by atoms with Crippen LogP contribution in [0.5, 0.6) is 0 Å². The van der Waals surface area contributed by atoms with E-state index in [2.05, 4.69) is 20.5 Å². The Morgan fingerprint density at radius 2 is 1.82 bits per heavy atom. The first kappa shape index (κ1) is 17.7. The molecule has 0 saturated carbocycles. The van der Waals surface area contributed by atoms with E-state index in [1.165, 1.54) is 12.1 Å². The number of anilines is 1. The van der Waals surface area contributed by atoms with Gasteiger partial charge in [0.25, 0.3) is 5.89 Å². The number of hydrogen-bond acceptors (Lipinski definition) is 6. The highest BCUT2D eigenvalue weighted by Gasteiger charge is 2.31. The third-order valence-corrected chi connectivity index (χ3v) is 4.06. The van der Waals surface area contributed by atoms with E-state index >= 15 is 0 Å². The first-order valence-electron chi connectivity index (χ1n) is 8.13. The number of aryl methyl sites for hydroxylation is 1. The van der Waals surface area contributed by atoms with E-state index < -0.39 is 11.7 Å². The van der Waals surface area contributed by atoms with Gasteiger partial charge >= 0.3 is 6.18 Å². The minimum absolute atomic E-state index is 0.0153. The lowest BCUT2D eigenvalue weighted by Gasteiger charge is -2.09. The van der Waals surface area contributed by atoms with Crippen molar-refractivity contribution in [1.29, 1.82) is 0 Å². The molecule has 0 spiro atoms. The molecule has 2 heterocycles. The number of nitrogens with two attached hydrogens (primary N) is 1. The van der Waals surface area contributed by atoms with E-state index in [0.717, 1.165) is 27.9 Å². The maximum atomic E-state index is 12.9. The molecule has 28 heavy (non-hydrogen) atoms. The molecule has 0 amide bonds. The monoisotopic (exact) mass is 386 g/mol. The summed E-state index contributed by atoms with van der Waals surface area (Å²) in [6.07, 6.45) is -4.48. The third kappa shape index (κ3) is 3.20. The summed E-state index contributed by atoms with van der Waals surface area (Å²) in [7, 11) is 0. The fourth-order valence-electron chi connectivity index (χ4n) is 2.59. The number of alkyl halides is 3. The summed E-state index contributed by atoms with van der Waals surface area (Å²) in [4.78, 5) is 4.25. The van der Waals surface area contributed by atoms with Gasteiger partial charge in [0.05, 0.1) is 11.3 Å². The van der Waals surface area contributed by atoms with Crippen molar-refractivity contribution in [3.63, 3.8) is 0 Å². The number of halogens is 3. The molecule has 2 aromatic carbocycles. The average molecular weight is 386 g/mol. The van der Waals surface area contributed by atoms with Crippen molar-refractivity contribution >= 4 is 5.82 Å². The fraction of sp³-hybridized carbons (Fsp3) is 0.111. The minimum Gasteiger partial charge on any atom is -0.382 e. The molecule has 0 saturated heterocycles. The van der Waals surface area contributed by atoms with Crippen LogP contribution in [0, 0.1) is 6.92 Å². The van der Waals surface area contributed by atoms with Crippen molar-refractivity contribution < 1.29 is 17.7 Å². The van der Waals surface area contributed by atoms with Crippen LogP contribution in [0.15, 0.2) is 53.1 Å². The van der Waals surface area contributed by atoms with Crippen LogP contribution in [0.4, 0.5) is 19.0 Å². The highest BCUT2D eigenvalue weighted by atomic mass is 19.4. The van der Waals surface area contributed by atoms with E-state index in [9.17, 15) is 13.2 Å². The number of rotatable bonds is 3. The lowest BCUT2D eigenvalue weighted by molar-refractivity contribution is -0.137. The van der Waals surface area contributed by atoms with E-state index in [-0.39, 0.29) is 23.1 Å². The summed E-state index contributed by atoms with van der Waals surface area (Å²) in [5.74, 6) is 0.341. The Balaban J connectivity index is 1.69. The third-order valence-electron chi connectivity index (χ3n) is 4.06. The van der Waals surface area contributed by atoms with E-state index in [1.54, 1.807) is 0 Å². The van der Waals surface area contributed by atoms with Crippen LogP contribution < -0.4 is 5.73 Å². The first-order valence-corrected chi connectivity index (χ1v) is 8.13. The van der Waals surface area contributed by atoms with Gasteiger partial charge < -0.3 is 10.3 Å². The molecule has 4 rings (SSSR count). The van der Waals surface area contributed by atoms with E-state index in [0.29, 0.717) is 5.82 Å². The van der Waals surface area contributed by atoms with Gasteiger partial charge in [-0.05, 0) is 25.1 Å². The van der Waals surface area contributed by atoms with Crippen molar-refractivity contribution in [2.24, 2.45) is 0 Å². The summed E-state index contributed by atoms with van der Waals surface area (Å²) >= 11 is 0. The summed E-state index contributed by atoms with van der Waals surface area (Å²) in [6.45, 7) is 1.96. The van der Waals surface area contributed by atoms with Gasteiger partial charge in [-0.2, -0.15) is 22.8 Å². The van der Waals surface area contributed by atoms with Crippen LogP contribution in [-0.2, 0) is 6.18 Å². The molecule has 2 N–H and O–H groups in total. The summed E-state index contributed by atoms with van der Waals surface area (Å²) in [5.41, 5.74) is 7.23. The van der Waals surface area contributed by atoms with Gasteiger partial charge in [0, 0.05) is 5.56 Å². The van der Waals surface area contributed by atoms with Crippen LogP contribution >= 0.6 is 0 Å². The van der Waals surface area contributed by atoms with Gasteiger partial charge in [-0.3, -0.25) is 0 Å². The largest absolute Gasteiger partial charge is 0.416 e. The number of hydrogen-bond donors (Lipinski definition) is 1. The van der Waals surface area contributed by atoms with Crippen molar-refractivity contribution in [2.45, 2.75) is 13.1 Å². The summed E-state index contributed by atoms with van der Waals surface area (Å²) in [5, 5.41) is 11.6. The van der Waals surface area contributed by atoms with E-state index in [4.69, 9.17) is 10.3 Å². The topological polar surface area (TPSA) is 95.7 Å². The van der Waals surface area contributed by atoms with Crippen LogP contribution in [0.2, 0.25) is 0 Å². The number of aromatic nitrogens is 5. The molecule has 2 aromatic heterocycles. The molecule has 0 aliphatic carbocycles. The Morgan fingerprint density at radius 3 is 2.54 bits per heavy atom. The van der Waals surface area contributed by atoms with Gasteiger partial charge in [0.1, 0.15) is 0 Å². The maximum Gasteiger partial charge on any atom is 0.416 e. The number of nitrogen functional groups attached to an aromatic ring is 1. The van der Waals surface area contributed by atoms with Crippen molar-refractivity contribution in [1.82, 2.24) is 25.1 Å². The lowest BCUT2D eigenvalue weighted by atomic mass is 10.1. The molecule has 0 bridgehead atoms. The number of benzene rings is 2. The van der Waals surface area contributed by atoms with Crippen molar-refractivity contribution in [2.75, 3.05) is 5.73 Å². The van der Waals surface area contributed by atoms with Crippen molar-refractivity contribution in [3.8, 4) is 28.7 Å². The predicted molar refractivity (Wildman–Crippen MR) is 94.2 cm³/mol. The zero-order valence-electron chi connectivity index (χ0n) is 14.5. The first-order chi connectivity index (χ1) is 13.3. The molecule has 0 radical (unpaired) electrons. The van der Waals surface area contributed by atoms with Crippen LogP contribution in [0.3, 0.4) is 0 Å². The Bertz CT molecular complexity index is 1130. The maximum absolute atomic E-state index is 12.9. The van der Waals surface area contributed by atoms with Gasteiger partial charge in [-0.15, -0.1) is 5.10 Å². The molecular weight excluding hydrogens is 373 g/mol. The lowest BCUT2D eigenvalue weighted by Crippen LogP contribution is -2.08. The number of nitrogens with zero attached hydrogens (tertiary/aromatic N) is 5. The van der Waals surface area contributed by atoms with Crippen LogP contribution in [-0.4, -0.2) is 25.1 Å². The standard InChI is InChI=1S/C18H13F3N6O/c1-10-5-7-11(8-6-10)16-23-17(28-25-16)14-15(22)27(26-24-14)13-4-2-3-12(9-13)18(19,20)21/h2-9H,22H2,1H3.